The maximum Gasteiger partial charge on any atom is 0.244 e. The molecule has 1 unspecified atom stereocenters. The first-order valence-corrected chi connectivity index (χ1v) is 14.2. The van der Waals surface area contributed by atoms with E-state index < -0.39 is 6.04 Å². The summed E-state index contributed by atoms with van der Waals surface area (Å²) in [5.74, 6) is 0.853. The van der Waals surface area contributed by atoms with E-state index in [0.29, 0.717) is 53.9 Å². The lowest BCUT2D eigenvalue weighted by atomic mass is 10.0. The number of anilines is 1. The van der Waals surface area contributed by atoms with Crippen molar-refractivity contribution in [2.24, 2.45) is 17.1 Å². The van der Waals surface area contributed by atoms with E-state index in [9.17, 15) is 10.1 Å². The first-order valence-electron chi connectivity index (χ1n) is 13.8. The van der Waals surface area contributed by atoms with Crippen molar-refractivity contribution in [3.8, 4) is 6.07 Å². The molecule has 1 atom stereocenters. The lowest BCUT2D eigenvalue weighted by Gasteiger charge is -2.38. The van der Waals surface area contributed by atoms with Gasteiger partial charge in [0.15, 0.2) is 0 Å². The van der Waals surface area contributed by atoms with Crippen molar-refractivity contribution in [2.75, 3.05) is 45.2 Å². The second-order valence-corrected chi connectivity index (χ2v) is 11.0. The van der Waals surface area contributed by atoms with E-state index in [-0.39, 0.29) is 5.91 Å². The molecule has 0 radical (unpaired) electrons. The highest BCUT2D eigenvalue weighted by Gasteiger charge is 2.31. The van der Waals surface area contributed by atoms with Gasteiger partial charge in [-0.25, -0.2) is 15.0 Å². The summed E-state index contributed by atoms with van der Waals surface area (Å²) in [6.07, 6.45) is 7.08. The van der Waals surface area contributed by atoms with Crippen LogP contribution in [0.4, 0.5) is 5.82 Å². The van der Waals surface area contributed by atoms with Crippen LogP contribution >= 0.6 is 11.6 Å². The van der Waals surface area contributed by atoms with Gasteiger partial charge in [0.05, 0.1) is 35.4 Å². The summed E-state index contributed by atoms with van der Waals surface area (Å²) in [6, 6.07) is 13.2. The molecular formula is C31H33ClN10O. The van der Waals surface area contributed by atoms with Gasteiger partial charge < -0.3 is 9.80 Å². The zero-order valence-corrected chi connectivity index (χ0v) is 25.4. The van der Waals surface area contributed by atoms with Crippen molar-refractivity contribution >= 4 is 41.5 Å². The molecule has 0 N–H and O–H groups in total. The van der Waals surface area contributed by atoms with E-state index >= 15 is 0 Å². The summed E-state index contributed by atoms with van der Waals surface area (Å²) in [5.41, 5.74) is 4.63. The molecule has 5 rings (SSSR count). The average Bonchev–Trinajstić information content (AvgIpc) is 3.46. The Morgan fingerprint density at radius 1 is 1.14 bits per heavy atom. The third-order valence-electron chi connectivity index (χ3n) is 7.46. The van der Waals surface area contributed by atoms with Gasteiger partial charge in [-0.05, 0) is 50.8 Å². The Morgan fingerprint density at radius 3 is 2.49 bits per heavy atom. The fraction of sp³-hybridized carbons (Fsp3) is 0.290. The van der Waals surface area contributed by atoms with Crippen LogP contribution in [0.5, 0.6) is 0 Å². The van der Waals surface area contributed by atoms with Crippen LogP contribution in [-0.4, -0.2) is 88.2 Å². The number of aryl methyl sites for hydroxylation is 1. The number of benzene rings is 1. The van der Waals surface area contributed by atoms with Gasteiger partial charge in [0.1, 0.15) is 17.6 Å². The Hall–Kier alpha value is -4.79. The number of rotatable bonds is 7. The van der Waals surface area contributed by atoms with E-state index in [1.807, 2.05) is 73.5 Å². The first-order chi connectivity index (χ1) is 20.7. The molecule has 2 aromatic heterocycles. The van der Waals surface area contributed by atoms with Gasteiger partial charge >= 0.3 is 0 Å². The summed E-state index contributed by atoms with van der Waals surface area (Å²) in [5, 5.41) is 20.3. The minimum atomic E-state index is -0.409. The van der Waals surface area contributed by atoms with E-state index in [4.69, 9.17) is 21.6 Å². The van der Waals surface area contributed by atoms with E-state index in [1.165, 1.54) is 0 Å². The van der Waals surface area contributed by atoms with Crippen molar-refractivity contribution < 1.29 is 4.79 Å². The van der Waals surface area contributed by atoms with E-state index in [0.717, 1.165) is 22.5 Å². The largest absolute Gasteiger partial charge is 0.353 e. The molecule has 1 amide bonds. The number of likely N-dealkylation sites (N-methyl/N-ethyl adjacent to an activating group) is 1. The molecule has 1 aromatic carbocycles. The summed E-state index contributed by atoms with van der Waals surface area (Å²) in [4.78, 5) is 29.2. The Kier molecular flexibility index (Phi) is 8.71. The minimum Gasteiger partial charge on any atom is -0.353 e. The Labute approximate surface area is 256 Å². The summed E-state index contributed by atoms with van der Waals surface area (Å²) >= 11 is 6.22. The van der Waals surface area contributed by atoms with Crippen molar-refractivity contribution in [3.63, 3.8) is 0 Å². The molecule has 1 fully saturated rings. The molecule has 2 aliphatic heterocycles. The monoisotopic (exact) mass is 596 g/mol. The predicted octanol–water partition coefficient (Wildman–Crippen LogP) is 3.94. The zero-order valence-electron chi connectivity index (χ0n) is 24.6. The number of amides is 1. The van der Waals surface area contributed by atoms with E-state index in [1.54, 1.807) is 35.2 Å². The van der Waals surface area contributed by atoms with Crippen molar-refractivity contribution in [1.29, 1.82) is 5.26 Å². The van der Waals surface area contributed by atoms with Gasteiger partial charge in [0.2, 0.25) is 5.91 Å². The van der Waals surface area contributed by atoms with Crippen LogP contribution in [0.15, 0.2) is 82.6 Å². The molecule has 0 spiro atoms. The molecule has 0 saturated carbocycles. The molecule has 12 heteroatoms. The summed E-state index contributed by atoms with van der Waals surface area (Å²) in [6.45, 7) is 7.88. The molecule has 1 saturated heterocycles. The number of nitrogens with zero attached hydrogens (tertiary/aromatic N) is 10. The normalized spacial score (nSPS) is 17.3. The highest BCUT2D eigenvalue weighted by molar-refractivity contribution is 6.30. The summed E-state index contributed by atoms with van der Waals surface area (Å²) < 4.78 is 1.70. The summed E-state index contributed by atoms with van der Waals surface area (Å²) in [7, 11) is 5.64. The Balaban J connectivity index is 1.34. The number of aliphatic imine (C=N–C) groups is 1. The van der Waals surface area contributed by atoms with Crippen LogP contribution in [0, 0.1) is 11.3 Å². The van der Waals surface area contributed by atoms with Crippen molar-refractivity contribution in [2.45, 2.75) is 13.0 Å². The maximum absolute atomic E-state index is 13.5. The third kappa shape index (κ3) is 6.21. The topological polar surface area (TPSA) is 109 Å². The van der Waals surface area contributed by atoms with Gasteiger partial charge in [-0.15, -0.1) is 0 Å². The maximum atomic E-state index is 13.5. The number of pyridine rings is 1. The molecule has 4 heterocycles. The van der Waals surface area contributed by atoms with Crippen LogP contribution in [0.3, 0.4) is 0 Å². The number of hydrazone groups is 1. The molecule has 43 heavy (non-hydrogen) atoms. The predicted molar refractivity (Wildman–Crippen MR) is 168 cm³/mol. The fourth-order valence-corrected chi connectivity index (χ4v) is 5.48. The minimum absolute atomic E-state index is 0.0515. The van der Waals surface area contributed by atoms with Crippen molar-refractivity contribution in [1.82, 2.24) is 29.6 Å². The Bertz CT molecular complexity index is 1660. The molecule has 3 aromatic rings. The number of hydrogen-bond donors (Lipinski definition) is 0. The number of nitriles is 1. The third-order valence-corrected chi connectivity index (χ3v) is 7.69. The number of hydrogen-bond acceptors (Lipinski definition) is 9. The number of piperazine rings is 1. The standard InChI is InChI=1S/C31H33ClN10O/c1-21(16-33)29-28(37-26(20-42(29)34-2)24-18-36-39(5)19-24)23-9-10-27(35-17-23)40-11-13-41(14-12-40)31(43)30(38(3)4)22-7-6-8-25(32)15-22/h6-10,15,17-20,30H,2,11-14H2,1,3-5H3/b29-21+. The van der Waals surface area contributed by atoms with Crippen LogP contribution in [-0.2, 0) is 11.8 Å². The number of carbonyl (C=O) groups is 1. The second-order valence-electron chi connectivity index (χ2n) is 10.6. The molecular weight excluding hydrogens is 564 g/mol. The van der Waals surface area contributed by atoms with Crippen LogP contribution in [0.2, 0.25) is 5.02 Å². The first kappa shape index (κ1) is 29.7. The highest BCUT2D eigenvalue weighted by atomic mass is 35.5. The highest BCUT2D eigenvalue weighted by Crippen LogP contribution is 2.30. The average molecular weight is 597 g/mol. The lowest BCUT2D eigenvalue weighted by molar-refractivity contribution is -0.136. The van der Waals surface area contributed by atoms with Crippen LogP contribution in [0.25, 0.3) is 5.70 Å². The zero-order chi connectivity index (χ0) is 30.7. The number of aromatic nitrogens is 3. The molecule has 0 aliphatic carbocycles. The molecule has 220 valence electrons. The van der Waals surface area contributed by atoms with Gasteiger partial charge in [0, 0.05) is 68.5 Å². The van der Waals surface area contributed by atoms with E-state index in [2.05, 4.69) is 27.9 Å². The number of carbonyl (C=O) groups excluding carboxylic acids is 1. The van der Waals surface area contributed by atoms with Gasteiger partial charge in [-0.3, -0.25) is 14.4 Å². The van der Waals surface area contributed by atoms with Gasteiger partial charge in [0.25, 0.3) is 0 Å². The lowest BCUT2D eigenvalue weighted by Crippen LogP contribution is -2.51. The van der Waals surface area contributed by atoms with Crippen LogP contribution < -0.4 is 4.90 Å². The quantitative estimate of drug-likeness (QED) is 0.300. The van der Waals surface area contributed by atoms with Gasteiger partial charge in [-0.1, -0.05) is 23.7 Å². The van der Waals surface area contributed by atoms with Crippen LogP contribution in [0.1, 0.15) is 29.7 Å². The number of halogens is 1. The van der Waals surface area contributed by atoms with Gasteiger partial charge in [-0.2, -0.15) is 15.5 Å². The second kappa shape index (κ2) is 12.6. The van der Waals surface area contributed by atoms with Crippen molar-refractivity contribution in [3.05, 3.63) is 94.2 Å². The Morgan fingerprint density at radius 2 is 1.91 bits per heavy atom. The molecule has 11 nitrogen and oxygen atoms in total. The molecule has 2 aliphatic rings. The number of allylic oxidation sites excluding steroid dienone is 2. The molecule has 0 bridgehead atoms. The smallest absolute Gasteiger partial charge is 0.244 e. The fourth-order valence-electron chi connectivity index (χ4n) is 5.28. The SMILES string of the molecule is C=NN1C=C(c2cnn(C)c2)N=C(c2ccc(N3CCN(C(=O)C(c4cccc(Cl)c4)N(C)C)CC3)nc2)/C1=C(/C)C#N.